The summed E-state index contributed by atoms with van der Waals surface area (Å²) in [6, 6.07) is 3.91. The molecule has 0 bridgehead atoms. The van der Waals surface area contributed by atoms with Crippen LogP contribution in [0.1, 0.15) is 13.3 Å². The van der Waals surface area contributed by atoms with Crippen molar-refractivity contribution >= 4 is 23.2 Å². The molecular formula is C14H18ClFN2O2. The van der Waals surface area contributed by atoms with Gasteiger partial charge in [-0.1, -0.05) is 18.5 Å². The van der Waals surface area contributed by atoms with E-state index >= 15 is 0 Å². The molecule has 1 saturated heterocycles. The number of carbonyl (C=O) groups excluding carboxylic acids is 1. The monoisotopic (exact) mass is 300 g/mol. The first-order valence-electron chi connectivity index (χ1n) is 6.69. The minimum absolute atomic E-state index is 0.00849. The van der Waals surface area contributed by atoms with E-state index in [1.165, 1.54) is 18.2 Å². The zero-order chi connectivity index (χ0) is 14.5. The van der Waals surface area contributed by atoms with Gasteiger partial charge in [-0.25, -0.2) is 4.39 Å². The highest BCUT2D eigenvalue weighted by molar-refractivity contribution is 6.33. The Morgan fingerprint density at radius 3 is 3.00 bits per heavy atom. The fourth-order valence-electron chi connectivity index (χ4n) is 2.16. The van der Waals surface area contributed by atoms with Crippen molar-refractivity contribution in [2.75, 3.05) is 25.1 Å². The van der Waals surface area contributed by atoms with Gasteiger partial charge in [0.05, 0.1) is 29.8 Å². The van der Waals surface area contributed by atoms with Gasteiger partial charge >= 0.3 is 0 Å². The zero-order valence-electron chi connectivity index (χ0n) is 11.3. The normalized spacial score (nSPS) is 21.9. The molecule has 1 amide bonds. The number of hydrogen-bond donors (Lipinski definition) is 2. The van der Waals surface area contributed by atoms with Crippen molar-refractivity contribution in [1.29, 1.82) is 0 Å². The van der Waals surface area contributed by atoms with E-state index in [0.29, 0.717) is 18.9 Å². The highest BCUT2D eigenvalue weighted by atomic mass is 35.5. The Morgan fingerprint density at radius 2 is 2.30 bits per heavy atom. The molecular weight excluding hydrogens is 283 g/mol. The predicted molar refractivity (Wildman–Crippen MR) is 76.4 cm³/mol. The molecule has 0 aliphatic carbocycles. The van der Waals surface area contributed by atoms with Crippen molar-refractivity contribution in [3.8, 4) is 0 Å². The van der Waals surface area contributed by atoms with E-state index in [-0.39, 0.29) is 22.9 Å². The molecule has 1 heterocycles. The van der Waals surface area contributed by atoms with Crippen LogP contribution in [0.15, 0.2) is 18.2 Å². The van der Waals surface area contributed by atoms with Gasteiger partial charge in [-0.2, -0.15) is 0 Å². The van der Waals surface area contributed by atoms with Crippen molar-refractivity contribution in [3.63, 3.8) is 0 Å². The van der Waals surface area contributed by atoms with Crippen LogP contribution >= 0.6 is 11.6 Å². The summed E-state index contributed by atoms with van der Waals surface area (Å²) in [7, 11) is 0. The lowest BCUT2D eigenvalue weighted by Gasteiger charge is -2.18. The standard InChI is InChI=1S/C14H18ClFN2O2/c1-2-5-17-13-8-20-7-10(13)14(19)18-12-4-3-9(16)6-11(12)15/h3-4,6,10,13,17H,2,5,7-8H2,1H3,(H,18,19). The molecule has 0 saturated carbocycles. The average Bonchev–Trinajstić information content (AvgIpc) is 2.88. The molecule has 1 aromatic rings. The molecule has 1 aliphatic heterocycles. The van der Waals surface area contributed by atoms with Crippen molar-refractivity contribution in [2.45, 2.75) is 19.4 Å². The minimum atomic E-state index is -0.431. The van der Waals surface area contributed by atoms with Crippen LogP contribution in [0.3, 0.4) is 0 Å². The van der Waals surface area contributed by atoms with E-state index < -0.39 is 5.82 Å². The number of ether oxygens (including phenoxy) is 1. The summed E-state index contributed by atoms with van der Waals surface area (Å²) in [4.78, 5) is 12.2. The van der Waals surface area contributed by atoms with Gasteiger partial charge in [-0.3, -0.25) is 4.79 Å². The van der Waals surface area contributed by atoms with E-state index in [9.17, 15) is 9.18 Å². The predicted octanol–water partition coefficient (Wildman–Crippen LogP) is 2.43. The van der Waals surface area contributed by atoms with Gasteiger partial charge in [0.1, 0.15) is 5.82 Å². The fraction of sp³-hybridized carbons (Fsp3) is 0.500. The lowest BCUT2D eigenvalue weighted by Crippen LogP contribution is -2.41. The summed E-state index contributed by atoms with van der Waals surface area (Å²) >= 11 is 5.90. The quantitative estimate of drug-likeness (QED) is 0.878. The molecule has 4 nitrogen and oxygen atoms in total. The van der Waals surface area contributed by atoms with Crippen molar-refractivity contribution in [1.82, 2.24) is 5.32 Å². The third-order valence-corrected chi connectivity index (χ3v) is 3.58. The lowest BCUT2D eigenvalue weighted by atomic mass is 10.0. The molecule has 2 rings (SSSR count). The van der Waals surface area contributed by atoms with Crippen LogP contribution in [0.2, 0.25) is 5.02 Å². The fourth-order valence-corrected chi connectivity index (χ4v) is 2.37. The number of carbonyl (C=O) groups is 1. The van der Waals surface area contributed by atoms with Crippen LogP contribution in [0.25, 0.3) is 0 Å². The molecule has 1 aliphatic rings. The van der Waals surface area contributed by atoms with Crippen LogP contribution < -0.4 is 10.6 Å². The Hall–Kier alpha value is -1.17. The number of rotatable bonds is 5. The number of halogens is 2. The first-order chi connectivity index (χ1) is 9.61. The second-order valence-electron chi connectivity index (χ2n) is 4.82. The summed E-state index contributed by atoms with van der Waals surface area (Å²) in [5, 5.41) is 6.21. The molecule has 6 heteroatoms. The Morgan fingerprint density at radius 1 is 1.50 bits per heavy atom. The molecule has 2 atom stereocenters. The topological polar surface area (TPSA) is 50.4 Å². The van der Waals surface area contributed by atoms with Gasteiger partial charge in [0.15, 0.2) is 0 Å². The molecule has 1 aromatic carbocycles. The summed E-state index contributed by atoms with van der Waals surface area (Å²) in [6.07, 6.45) is 0.995. The average molecular weight is 301 g/mol. The SMILES string of the molecule is CCCNC1COCC1C(=O)Nc1ccc(F)cc1Cl. The Balaban J connectivity index is 2.00. The maximum Gasteiger partial charge on any atom is 0.231 e. The van der Waals surface area contributed by atoms with Crippen molar-refractivity contribution < 1.29 is 13.9 Å². The van der Waals surface area contributed by atoms with Gasteiger partial charge in [-0.15, -0.1) is 0 Å². The van der Waals surface area contributed by atoms with Crippen LogP contribution in [-0.2, 0) is 9.53 Å². The molecule has 110 valence electrons. The van der Waals surface area contributed by atoms with Gasteiger partial charge < -0.3 is 15.4 Å². The number of nitrogens with one attached hydrogen (secondary N) is 2. The molecule has 2 unspecified atom stereocenters. The maximum absolute atomic E-state index is 13.0. The third-order valence-electron chi connectivity index (χ3n) is 3.26. The van der Waals surface area contributed by atoms with Crippen LogP contribution in [0.4, 0.5) is 10.1 Å². The van der Waals surface area contributed by atoms with Crippen molar-refractivity contribution in [2.24, 2.45) is 5.92 Å². The van der Waals surface area contributed by atoms with E-state index in [2.05, 4.69) is 17.6 Å². The Kier molecular flexibility index (Phi) is 5.34. The number of anilines is 1. The summed E-state index contributed by atoms with van der Waals surface area (Å²) in [5.74, 6) is -0.855. The van der Waals surface area contributed by atoms with Gasteiger partial charge in [0, 0.05) is 6.04 Å². The smallest absolute Gasteiger partial charge is 0.231 e. The highest BCUT2D eigenvalue weighted by Crippen LogP contribution is 2.24. The summed E-state index contributed by atoms with van der Waals surface area (Å²) in [5.41, 5.74) is 0.416. The van der Waals surface area contributed by atoms with Crippen molar-refractivity contribution in [3.05, 3.63) is 29.0 Å². The van der Waals surface area contributed by atoms with Gasteiger partial charge in [0.25, 0.3) is 0 Å². The maximum atomic E-state index is 13.0. The van der Waals surface area contributed by atoms with E-state index in [1.807, 2.05) is 0 Å². The Labute approximate surface area is 122 Å². The zero-order valence-corrected chi connectivity index (χ0v) is 12.0. The Bertz CT molecular complexity index is 484. The molecule has 0 radical (unpaired) electrons. The molecule has 1 fully saturated rings. The minimum Gasteiger partial charge on any atom is -0.379 e. The van der Waals surface area contributed by atoms with E-state index in [1.54, 1.807) is 0 Å². The van der Waals surface area contributed by atoms with Crippen LogP contribution in [-0.4, -0.2) is 31.7 Å². The molecule has 0 aromatic heterocycles. The number of amides is 1. The summed E-state index contributed by atoms with van der Waals surface area (Å²) in [6.45, 7) is 3.81. The van der Waals surface area contributed by atoms with Crippen LogP contribution in [0, 0.1) is 11.7 Å². The molecule has 20 heavy (non-hydrogen) atoms. The molecule has 2 N–H and O–H groups in total. The highest BCUT2D eigenvalue weighted by Gasteiger charge is 2.33. The van der Waals surface area contributed by atoms with E-state index in [4.69, 9.17) is 16.3 Å². The first kappa shape index (κ1) is 15.2. The van der Waals surface area contributed by atoms with Gasteiger partial charge in [-0.05, 0) is 31.2 Å². The van der Waals surface area contributed by atoms with Gasteiger partial charge in [0.2, 0.25) is 5.91 Å². The number of benzene rings is 1. The second kappa shape index (κ2) is 7.02. The largest absolute Gasteiger partial charge is 0.379 e. The van der Waals surface area contributed by atoms with E-state index in [0.717, 1.165) is 13.0 Å². The first-order valence-corrected chi connectivity index (χ1v) is 7.06. The third kappa shape index (κ3) is 3.69. The molecule has 0 spiro atoms. The lowest BCUT2D eigenvalue weighted by molar-refractivity contribution is -0.120. The van der Waals surface area contributed by atoms with Crippen LogP contribution in [0.5, 0.6) is 0 Å². The number of hydrogen-bond acceptors (Lipinski definition) is 3. The second-order valence-corrected chi connectivity index (χ2v) is 5.23. The summed E-state index contributed by atoms with van der Waals surface area (Å²) < 4.78 is 18.3.